The minimum atomic E-state index is -0.423. The number of nitrogens with zero attached hydrogens (tertiary/aromatic N) is 2. The zero-order valence-electron chi connectivity index (χ0n) is 12.4. The van der Waals surface area contributed by atoms with Crippen molar-refractivity contribution in [1.29, 1.82) is 0 Å². The summed E-state index contributed by atoms with van der Waals surface area (Å²) in [5.41, 5.74) is 2.30. The number of carbonyl (C=O) groups excluding carboxylic acids is 2. The molecule has 0 spiro atoms. The maximum absolute atomic E-state index is 12.2. The van der Waals surface area contributed by atoms with Crippen LogP contribution in [0.2, 0.25) is 5.02 Å². The van der Waals surface area contributed by atoms with Crippen molar-refractivity contribution in [1.82, 2.24) is 5.01 Å². The van der Waals surface area contributed by atoms with Crippen molar-refractivity contribution in [2.45, 2.75) is 0 Å². The number of hydrazone groups is 1. The molecule has 0 aromatic heterocycles. The Bertz CT molecular complexity index is 899. The molecule has 0 bridgehead atoms. The first-order valence-corrected chi connectivity index (χ1v) is 7.66. The lowest BCUT2D eigenvalue weighted by atomic mass is 10.1. The molecule has 2 amide bonds. The van der Waals surface area contributed by atoms with E-state index >= 15 is 0 Å². The number of carbonyl (C=O) groups is 2. The molecule has 6 heteroatoms. The lowest BCUT2D eigenvalue weighted by molar-refractivity contribution is 0.0660. The smallest absolute Gasteiger partial charge is 0.282 e. The van der Waals surface area contributed by atoms with E-state index in [1.165, 1.54) is 6.21 Å². The SMILES string of the molecule is O=C1c2ccccc2C(=O)N1/N=C/C1=Cc2cc(Cl)ccc2OC1. The zero-order valence-corrected chi connectivity index (χ0v) is 13.2. The van der Waals surface area contributed by atoms with Gasteiger partial charge in [-0.15, -0.1) is 0 Å². The van der Waals surface area contributed by atoms with Gasteiger partial charge >= 0.3 is 0 Å². The Labute approximate surface area is 142 Å². The van der Waals surface area contributed by atoms with Crippen LogP contribution in [0.4, 0.5) is 0 Å². The van der Waals surface area contributed by atoms with Crippen LogP contribution >= 0.6 is 11.6 Å². The van der Waals surface area contributed by atoms with Gasteiger partial charge in [-0.05, 0) is 36.4 Å². The summed E-state index contributed by atoms with van der Waals surface area (Å²) in [5, 5.41) is 5.52. The number of hydrogen-bond acceptors (Lipinski definition) is 4. The van der Waals surface area contributed by atoms with E-state index in [0.717, 1.165) is 21.9 Å². The summed E-state index contributed by atoms with van der Waals surface area (Å²) < 4.78 is 5.62. The second kappa shape index (κ2) is 5.62. The molecular formula is C18H11ClN2O3. The average Bonchev–Trinajstić information content (AvgIpc) is 2.84. The van der Waals surface area contributed by atoms with E-state index in [1.807, 2.05) is 6.08 Å². The largest absolute Gasteiger partial charge is 0.488 e. The lowest BCUT2D eigenvalue weighted by Crippen LogP contribution is -2.24. The van der Waals surface area contributed by atoms with E-state index in [1.54, 1.807) is 42.5 Å². The molecule has 0 unspecified atom stereocenters. The van der Waals surface area contributed by atoms with Gasteiger partial charge in [0.25, 0.3) is 11.8 Å². The molecule has 0 saturated carbocycles. The highest BCUT2D eigenvalue weighted by molar-refractivity contribution is 6.30. The molecule has 0 saturated heterocycles. The van der Waals surface area contributed by atoms with Crippen LogP contribution in [0, 0.1) is 0 Å². The molecule has 0 atom stereocenters. The zero-order chi connectivity index (χ0) is 16.7. The monoisotopic (exact) mass is 338 g/mol. The van der Waals surface area contributed by atoms with Crippen molar-refractivity contribution in [3.8, 4) is 5.75 Å². The Morgan fingerprint density at radius 3 is 2.50 bits per heavy atom. The standard InChI is InChI=1S/C18H11ClN2O3/c19-13-5-6-16-12(8-13)7-11(10-24-16)9-20-21-17(22)14-3-1-2-4-15(14)18(21)23/h1-9H,10H2/b20-9+. The van der Waals surface area contributed by atoms with Gasteiger partial charge in [0.2, 0.25) is 0 Å². The van der Waals surface area contributed by atoms with Crippen molar-refractivity contribution in [2.75, 3.05) is 6.61 Å². The fourth-order valence-electron chi connectivity index (χ4n) is 2.65. The van der Waals surface area contributed by atoms with Crippen LogP contribution in [-0.4, -0.2) is 29.6 Å². The Kier molecular flexibility index (Phi) is 3.43. The number of halogens is 1. The Morgan fingerprint density at radius 1 is 1.08 bits per heavy atom. The topological polar surface area (TPSA) is 59.0 Å². The molecule has 0 fully saturated rings. The summed E-state index contributed by atoms with van der Waals surface area (Å²) in [6.07, 6.45) is 3.33. The molecule has 2 aromatic rings. The summed E-state index contributed by atoms with van der Waals surface area (Å²) >= 11 is 5.98. The number of benzene rings is 2. The van der Waals surface area contributed by atoms with Crippen molar-refractivity contribution >= 4 is 35.7 Å². The van der Waals surface area contributed by atoms with Crippen molar-refractivity contribution in [2.24, 2.45) is 5.10 Å². The van der Waals surface area contributed by atoms with Crippen LogP contribution in [0.25, 0.3) is 6.08 Å². The molecule has 0 N–H and O–H groups in total. The van der Waals surface area contributed by atoms with Crippen LogP contribution in [0.15, 0.2) is 53.1 Å². The van der Waals surface area contributed by atoms with Crippen LogP contribution < -0.4 is 4.74 Å². The second-order valence-electron chi connectivity index (χ2n) is 5.40. The summed E-state index contributed by atoms with van der Waals surface area (Å²) in [6.45, 7) is 0.307. The Morgan fingerprint density at radius 2 is 1.79 bits per heavy atom. The Hall–Kier alpha value is -2.92. The number of imide groups is 1. The summed E-state index contributed by atoms with van der Waals surface area (Å²) in [7, 11) is 0. The molecule has 2 heterocycles. The summed E-state index contributed by atoms with van der Waals surface area (Å²) in [6, 6.07) is 12.0. The molecule has 0 aliphatic carbocycles. The van der Waals surface area contributed by atoms with Crippen LogP contribution in [-0.2, 0) is 0 Å². The molecular weight excluding hydrogens is 328 g/mol. The van der Waals surface area contributed by atoms with Gasteiger partial charge in [0, 0.05) is 16.2 Å². The number of rotatable bonds is 2. The lowest BCUT2D eigenvalue weighted by Gasteiger charge is -2.16. The van der Waals surface area contributed by atoms with Crippen molar-refractivity contribution < 1.29 is 14.3 Å². The fourth-order valence-corrected chi connectivity index (χ4v) is 2.83. The first kappa shape index (κ1) is 14.7. The maximum atomic E-state index is 12.2. The number of ether oxygens (including phenoxy) is 1. The summed E-state index contributed by atoms with van der Waals surface area (Å²) in [5.74, 6) is -0.113. The van der Waals surface area contributed by atoms with Crippen molar-refractivity contribution in [3.63, 3.8) is 0 Å². The molecule has 2 aliphatic heterocycles. The van der Waals surface area contributed by atoms with E-state index < -0.39 is 11.8 Å². The normalized spacial score (nSPS) is 16.0. The second-order valence-corrected chi connectivity index (χ2v) is 5.84. The molecule has 0 radical (unpaired) electrons. The third kappa shape index (κ3) is 2.39. The third-order valence-corrected chi connectivity index (χ3v) is 4.05. The minimum Gasteiger partial charge on any atom is -0.488 e. The average molecular weight is 339 g/mol. The fraction of sp³-hybridized carbons (Fsp3) is 0.0556. The van der Waals surface area contributed by atoms with E-state index in [-0.39, 0.29) is 0 Å². The van der Waals surface area contributed by atoms with Gasteiger partial charge in [-0.2, -0.15) is 10.1 Å². The molecule has 24 heavy (non-hydrogen) atoms. The van der Waals surface area contributed by atoms with Crippen molar-refractivity contribution in [3.05, 3.63) is 69.8 Å². The van der Waals surface area contributed by atoms with E-state index in [9.17, 15) is 9.59 Å². The Balaban J connectivity index is 1.61. The highest BCUT2D eigenvalue weighted by Gasteiger charge is 2.35. The maximum Gasteiger partial charge on any atom is 0.282 e. The van der Waals surface area contributed by atoms with Gasteiger partial charge < -0.3 is 4.74 Å². The van der Waals surface area contributed by atoms with Gasteiger partial charge in [-0.25, -0.2) is 0 Å². The number of fused-ring (bicyclic) bond motifs is 2. The van der Waals surface area contributed by atoms with E-state index in [0.29, 0.717) is 22.8 Å². The van der Waals surface area contributed by atoms with Crippen LogP contribution in [0.5, 0.6) is 5.75 Å². The molecule has 2 aromatic carbocycles. The van der Waals surface area contributed by atoms with Crippen LogP contribution in [0.1, 0.15) is 26.3 Å². The molecule has 5 nitrogen and oxygen atoms in total. The first-order chi connectivity index (χ1) is 11.6. The predicted molar refractivity (Wildman–Crippen MR) is 90.4 cm³/mol. The third-order valence-electron chi connectivity index (χ3n) is 3.82. The van der Waals surface area contributed by atoms with Crippen LogP contribution in [0.3, 0.4) is 0 Å². The quantitative estimate of drug-likeness (QED) is 0.623. The highest BCUT2D eigenvalue weighted by Crippen LogP contribution is 2.29. The summed E-state index contributed by atoms with van der Waals surface area (Å²) in [4.78, 5) is 24.5. The van der Waals surface area contributed by atoms with E-state index in [2.05, 4.69) is 5.10 Å². The van der Waals surface area contributed by atoms with Gasteiger partial charge in [-0.3, -0.25) is 9.59 Å². The highest BCUT2D eigenvalue weighted by atomic mass is 35.5. The van der Waals surface area contributed by atoms with E-state index in [4.69, 9.17) is 16.3 Å². The van der Waals surface area contributed by atoms with Gasteiger partial charge in [0.05, 0.1) is 17.3 Å². The first-order valence-electron chi connectivity index (χ1n) is 7.28. The molecule has 2 aliphatic rings. The predicted octanol–water partition coefficient (Wildman–Crippen LogP) is 3.40. The minimum absolute atomic E-state index is 0.307. The number of hydrogen-bond donors (Lipinski definition) is 0. The molecule has 4 rings (SSSR count). The van der Waals surface area contributed by atoms with Gasteiger partial charge in [-0.1, -0.05) is 23.7 Å². The van der Waals surface area contributed by atoms with Gasteiger partial charge in [0.15, 0.2) is 0 Å². The molecule has 118 valence electrons. The number of amides is 2. The van der Waals surface area contributed by atoms with Gasteiger partial charge in [0.1, 0.15) is 12.4 Å².